The van der Waals surface area contributed by atoms with E-state index in [2.05, 4.69) is 4.98 Å². The smallest absolute Gasteiger partial charge is 0.487 e. The molecule has 1 aliphatic rings. The number of amides is 1. The molecule has 0 bridgehead atoms. The fourth-order valence-electron chi connectivity index (χ4n) is 3.24. The number of primary amides is 1. The Morgan fingerprint density at radius 3 is 2.46 bits per heavy atom. The maximum atomic E-state index is 12.1. The molecular weight excluding hydrogens is 355 g/mol. The lowest BCUT2D eigenvalue weighted by molar-refractivity contribution is 0.100. The number of carbonyl (C=O) groups is 1. The highest BCUT2D eigenvalue weighted by molar-refractivity contribution is 6.65. The highest BCUT2D eigenvalue weighted by atomic mass is 16.6. The van der Waals surface area contributed by atoms with Crippen LogP contribution in [0.4, 0.5) is 0 Å². The average molecular weight is 374 g/mol. The number of pyridine rings is 1. The molecule has 0 saturated carbocycles. The SMILES string of the molecule is NC(=O)c1ccc(OCc2ccccn2)c(-c2ccccc2)c1B1OCCO1. The number of hydrogen-bond acceptors (Lipinski definition) is 5. The molecule has 4 rings (SSSR count). The minimum absolute atomic E-state index is 0.294. The molecule has 1 fully saturated rings. The summed E-state index contributed by atoms with van der Waals surface area (Å²) in [7, 11) is -0.670. The van der Waals surface area contributed by atoms with Crippen molar-refractivity contribution in [3.63, 3.8) is 0 Å². The number of hydrogen-bond donors (Lipinski definition) is 1. The summed E-state index contributed by atoms with van der Waals surface area (Å²) in [6, 6.07) is 18.7. The fraction of sp³-hybridized carbons (Fsp3) is 0.143. The van der Waals surface area contributed by atoms with Gasteiger partial charge in [0.25, 0.3) is 0 Å². The quantitative estimate of drug-likeness (QED) is 0.669. The van der Waals surface area contributed by atoms with Crippen LogP contribution >= 0.6 is 0 Å². The van der Waals surface area contributed by atoms with E-state index in [0.29, 0.717) is 36.6 Å². The summed E-state index contributed by atoms with van der Waals surface area (Å²) in [6.07, 6.45) is 1.72. The monoisotopic (exact) mass is 374 g/mol. The van der Waals surface area contributed by atoms with Crippen LogP contribution in [0.1, 0.15) is 16.1 Å². The molecule has 6 nitrogen and oxygen atoms in total. The average Bonchev–Trinajstić information content (AvgIpc) is 3.27. The van der Waals surface area contributed by atoms with Crippen LogP contribution in [0.5, 0.6) is 5.75 Å². The summed E-state index contributed by atoms with van der Waals surface area (Å²) in [5, 5.41) is 0. The maximum Gasteiger partial charge on any atom is 0.495 e. The second-order valence-electron chi connectivity index (χ2n) is 6.31. The first kappa shape index (κ1) is 18.2. The van der Waals surface area contributed by atoms with Gasteiger partial charge in [-0.2, -0.15) is 0 Å². The van der Waals surface area contributed by atoms with Gasteiger partial charge < -0.3 is 19.8 Å². The van der Waals surface area contributed by atoms with Gasteiger partial charge in [-0.05, 0) is 29.8 Å². The van der Waals surface area contributed by atoms with Gasteiger partial charge >= 0.3 is 7.12 Å². The standard InChI is InChI=1S/C21H19BN2O4/c23-21(25)17-9-10-18(26-14-16-8-4-5-11-24-16)19(15-6-2-1-3-7-15)20(17)22-27-12-13-28-22/h1-11H,12-14H2,(H2,23,25). The first-order chi connectivity index (χ1) is 13.7. The molecule has 2 N–H and O–H groups in total. The van der Waals surface area contributed by atoms with Crippen LogP contribution in [-0.2, 0) is 15.9 Å². The highest BCUT2D eigenvalue weighted by Crippen LogP contribution is 2.31. The number of nitrogens with zero attached hydrogens (tertiary/aromatic N) is 1. The number of benzene rings is 2. The summed E-state index contributed by atoms with van der Waals surface area (Å²) in [5.41, 5.74) is 9.02. The molecule has 0 atom stereocenters. The molecule has 140 valence electrons. The normalized spacial score (nSPS) is 13.5. The molecule has 0 unspecified atom stereocenters. The van der Waals surface area contributed by atoms with Crippen molar-refractivity contribution in [3.05, 3.63) is 78.1 Å². The van der Waals surface area contributed by atoms with Crippen LogP contribution in [0.15, 0.2) is 66.9 Å². The molecular formula is C21H19BN2O4. The number of ether oxygens (including phenoxy) is 1. The van der Waals surface area contributed by atoms with E-state index >= 15 is 0 Å². The molecule has 3 aromatic rings. The Hall–Kier alpha value is -3.16. The third-order valence-corrected chi connectivity index (χ3v) is 4.49. The van der Waals surface area contributed by atoms with Gasteiger partial charge in [0.05, 0.1) is 18.9 Å². The van der Waals surface area contributed by atoms with E-state index in [0.717, 1.165) is 16.8 Å². The molecule has 1 aliphatic heterocycles. The Bertz CT molecular complexity index is 961. The molecule has 7 heteroatoms. The number of aromatic nitrogens is 1. The van der Waals surface area contributed by atoms with Crippen molar-refractivity contribution in [2.24, 2.45) is 5.73 Å². The van der Waals surface area contributed by atoms with Gasteiger partial charge in [-0.15, -0.1) is 0 Å². The first-order valence-electron chi connectivity index (χ1n) is 9.02. The highest BCUT2D eigenvalue weighted by Gasteiger charge is 2.34. The van der Waals surface area contributed by atoms with Gasteiger partial charge in [0.15, 0.2) is 0 Å². The summed E-state index contributed by atoms with van der Waals surface area (Å²) in [6.45, 7) is 1.20. The Balaban J connectivity index is 1.83. The van der Waals surface area contributed by atoms with Gasteiger partial charge in [0, 0.05) is 22.8 Å². The Labute approximate surface area is 163 Å². The fourth-order valence-corrected chi connectivity index (χ4v) is 3.24. The zero-order valence-corrected chi connectivity index (χ0v) is 15.2. The molecule has 1 aromatic heterocycles. The van der Waals surface area contributed by atoms with Crippen molar-refractivity contribution in [3.8, 4) is 16.9 Å². The van der Waals surface area contributed by atoms with Crippen LogP contribution in [0.25, 0.3) is 11.1 Å². The van der Waals surface area contributed by atoms with Crippen LogP contribution < -0.4 is 15.9 Å². The summed E-state index contributed by atoms with van der Waals surface area (Å²) < 4.78 is 17.5. The van der Waals surface area contributed by atoms with Gasteiger partial charge in [-0.25, -0.2) is 0 Å². The lowest BCUT2D eigenvalue weighted by Gasteiger charge is -2.19. The summed E-state index contributed by atoms with van der Waals surface area (Å²) in [5.74, 6) is 0.0681. The zero-order chi connectivity index (χ0) is 19.3. The van der Waals surface area contributed by atoms with Gasteiger partial charge in [-0.3, -0.25) is 9.78 Å². The number of carbonyl (C=O) groups excluding carboxylic acids is 1. The van der Waals surface area contributed by atoms with Crippen molar-refractivity contribution < 1.29 is 18.8 Å². The minimum Gasteiger partial charge on any atom is -0.487 e. The van der Waals surface area contributed by atoms with E-state index < -0.39 is 13.0 Å². The molecule has 0 aliphatic carbocycles. The predicted molar refractivity (Wildman–Crippen MR) is 106 cm³/mol. The van der Waals surface area contributed by atoms with Crippen LogP contribution in [-0.4, -0.2) is 31.2 Å². The summed E-state index contributed by atoms with van der Waals surface area (Å²) >= 11 is 0. The van der Waals surface area contributed by atoms with Crippen molar-refractivity contribution in [1.82, 2.24) is 4.98 Å². The van der Waals surface area contributed by atoms with Crippen LogP contribution in [0, 0.1) is 0 Å². The summed E-state index contributed by atoms with van der Waals surface area (Å²) in [4.78, 5) is 16.4. The van der Waals surface area contributed by atoms with Gasteiger partial charge in [-0.1, -0.05) is 36.4 Å². The molecule has 0 spiro atoms. The second-order valence-corrected chi connectivity index (χ2v) is 6.31. The Morgan fingerprint density at radius 2 is 1.79 bits per heavy atom. The molecule has 28 heavy (non-hydrogen) atoms. The van der Waals surface area contributed by atoms with Gasteiger partial charge in [0.1, 0.15) is 12.4 Å². The molecule has 2 aromatic carbocycles. The van der Waals surface area contributed by atoms with E-state index in [9.17, 15) is 4.79 Å². The Morgan fingerprint density at radius 1 is 1.04 bits per heavy atom. The van der Waals surface area contributed by atoms with Crippen molar-refractivity contribution >= 4 is 18.5 Å². The predicted octanol–water partition coefficient (Wildman–Crippen LogP) is 2.17. The third kappa shape index (κ3) is 3.76. The largest absolute Gasteiger partial charge is 0.495 e. The minimum atomic E-state index is -0.670. The topological polar surface area (TPSA) is 83.7 Å². The van der Waals surface area contributed by atoms with E-state index in [-0.39, 0.29) is 0 Å². The zero-order valence-electron chi connectivity index (χ0n) is 15.2. The number of nitrogens with two attached hydrogens (primary N) is 1. The van der Waals surface area contributed by atoms with E-state index in [4.69, 9.17) is 19.8 Å². The maximum absolute atomic E-state index is 12.1. The Kier molecular flexibility index (Phi) is 5.37. The molecule has 2 heterocycles. The molecule has 0 radical (unpaired) electrons. The number of rotatable bonds is 6. The lowest BCUT2D eigenvalue weighted by atomic mass is 9.71. The van der Waals surface area contributed by atoms with E-state index in [1.54, 1.807) is 18.3 Å². The van der Waals surface area contributed by atoms with Crippen LogP contribution in [0.3, 0.4) is 0 Å². The third-order valence-electron chi connectivity index (χ3n) is 4.49. The second kappa shape index (κ2) is 8.25. The van der Waals surface area contributed by atoms with Crippen molar-refractivity contribution in [2.45, 2.75) is 6.61 Å². The van der Waals surface area contributed by atoms with E-state index in [1.807, 2.05) is 48.5 Å². The molecule has 1 saturated heterocycles. The van der Waals surface area contributed by atoms with Gasteiger partial charge in [0.2, 0.25) is 5.91 Å². The van der Waals surface area contributed by atoms with Crippen molar-refractivity contribution in [1.29, 1.82) is 0 Å². The molecule has 1 amide bonds. The van der Waals surface area contributed by atoms with Crippen molar-refractivity contribution in [2.75, 3.05) is 13.2 Å². The van der Waals surface area contributed by atoms with E-state index in [1.165, 1.54) is 0 Å². The first-order valence-corrected chi connectivity index (χ1v) is 9.02. The van der Waals surface area contributed by atoms with Crippen LogP contribution in [0.2, 0.25) is 0 Å². The lowest BCUT2D eigenvalue weighted by Crippen LogP contribution is -2.39.